The Morgan fingerprint density at radius 2 is 1.62 bits per heavy atom. The molecule has 4 aromatic carbocycles. The van der Waals surface area contributed by atoms with Crippen LogP contribution in [0, 0.1) is 13.8 Å². The average Bonchev–Trinajstić information content (AvgIpc) is 4.12. The summed E-state index contributed by atoms with van der Waals surface area (Å²) in [5, 5.41) is 8.57. The van der Waals surface area contributed by atoms with E-state index >= 15 is 0 Å². The second-order valence-electron chi connectivity index (χ2n) is 16.0. The van der Waals surface area contributed by atoms with Crippen molar-refractivity contribution in [1.82, 2.24) is 15.0 Å². The second-order valence-corrected chi connectivity index (χ2v) is 18.3. The van der Waals surface area contributed by atoms with Crippen molar-refractivity contribution < 1.29 is 0 Å². The molecule has 5 heterocycles. The number of aromatic amines is 1. The number of fused-ring (bicyclic) bond motifs is 1. The van der Waals surface area contributed by atoms with Crippen molar-refractivity contribution in [2.45, 2.75) is 46.3 Å². The van der Waals surface area contributed by atoms with Gasteiger partial charge >= 0.3 is 20.7 Å². The molecule has 9 rings (SSSR count). The summed E-state index contributed by atoms with van der Waals surface area (Å²) in [5.41, 5.74) is 30.7. The zero-order chi connectivity index (χ0) is 42.2. The molecule has 0 aliphatic carbocycles. The Balaban J connectivity index is 1.27. The van der Waals surface area contributed by atoms with E-state index in [1.807, 2.05) is 49.7 Å². The number of rotatable bonds is 9. The smallest absolute Gasteiger partial charge is 0.391 e. The maximum Gasteiger partial charge on any atom is 0.391 e. The summed E-state index contributed by atoms with van der Waals surface area (Å²) in [5.74, 6) is 0. The number of allylic oxidation sites excluding steroid dienone is 9. The van der Waals surface area contributed by atoms with E-state index in [0.717, 1.165) is 44.2 Å². The van der Waals surface area contributed by atoms with Gasteiger partial charge in [0, 0.05) is 35.3 Å². The Kier molecular flexibility index (Phi) is 10.6. The lowest BCUT2D eigenvalue weighted by atomic mass is 9.84. The second kappa shape index (κ2) is 16.5. The first-order valence-corrected chi connectivity index (χ1v) is 22.9. The number of nitrogens with one attached hydrogen (secondary N) is 2. The van der Waals surface area contributed by atoms with Crippen LogP contribution in [0.25, 0.3) is 33.8 Å². The molecule has 0 amide bonds. The summed E-state index contributed by atoms with van der Waals surface area (Å²) in [6.45, 7) is 11.1. The van der Waals surface area contributed by atoms with Crippen LogP contribution in [-0.2, 0) is 0 Å². The Hall–Kier alpha value is -7.18. The van der Waals surface area contributed by atoms with E-state index in [-0.39, 0.29) is 12.1 Å². The molecule has 5 aromatic rings. The van der Waals surface area contributed by atoms with Crippen molar-refractivity contribution in [3.8, 4) is 0 Å². The standard InChI is InChI=1S/C54H49N6Si/c1-6-7-17-45(56)46-25-26-49(60-46)54-51(42-23-20-37(29-34(42)3)52-44-16-11-9-14-39(44)31-59-52)50(53(61(54)5)40-21-24-48(58-32-40)47-18-12-27-57-47)41-22-19-36(28-33(41)2)35(4)43-15-10-8-13-38(43)30-55/h6-32,47-48H,56H2,1-5H3,(H3,55,58,59,60)/q+1/p+1/b7-6-,45-17-. The SMILES string of the molecule is C/C=C\C=C(/N)c1ccc(C2=C(c3ccc(C4=[N+]=Cc5ccccc54)cc3C)C(c3ccc(/C(C)=c4\cccc\c4=C\N)cc3C)=C(C3=CNC(C4C=CC=N4)C=C3)[Si+]2C)[nH]1. The van der Waals surface area contributed by atoms with Crippen molar-refractivity contribution in [2.75, 3.05) is 0 Å². The highest BCUT2D eigenvalue weighted by Gasteiger charge is 2.49. The normalized spacial score (nSPS) is 19.1. The van der Waals surface area contributed by atoms with Gasteiger partial charge in [-0.05, 0) is 120 Å². The van der Waals surface area contributed by atoms with Gasteiger partial charge in [-0.3, -0.25) is 4.99 Å². The molecule has 1 aromatic heterocycles. The van der Waals surface area contributed by atoms with Crippen LogP contribution >= 0.6 is 0 Å². The number of aryl methyl sites for hydroxylation is 2. The molecule has 4 aliphatic rings. The van der Waals surface area contributed by atoms with E-state index in [4.69, 9.17) is 16.1 Å². The van der Waals surface area contributed by atoms with Crippen LogP contribution in [0.15, 0.2) is 162 Å². The Morgan fingerprint density at radius 1 is 0.852 bits per heavy atom. The number of hydrogen-bond acceptors (Lipinski definition) is 4. The fourth-order valence-corrected chi connectivity index (χ4v) is 11.7. The van der Waals surface area contributed by atoms with Crippen molar-refractivity contribution in [2.24, 2.45) is 16.5 Å². The molecule has 2 unspecified atom stereocenters. The first kappa shape index (κ1) is 39.3. The highest BCUT2D eigenvalue weighted by molar-refractivity contribution is 6.91. The molecule has 61 heavy (non-hydrogen) atoms. The van der Waals surface area contributed by atoms with E-state index in [1.54, 1.807) is 6.20 Å². The molecule has 298 valence electrons. The van der Waals surface area contributed by atoms with Crippen LogP contribution in [0.2, 0.25) is 6.55 Å². The summed E-state index contributed by atoms with van der Waals surface area (Å²) in [6, 6.07) is 35.1. The highest BCUT2D eigenvalue weighted by Crippen LogP contribution is 2.51. The molecule has 4 aliphatic heterocycles. The van der Waals surface area contributed by atoms with Gasteiger partial charge in [-0.25, -0.2) is 0 Å². The number of benzene rings is 4. The van der Waals surface area contributed by atoms with Gasteiger partial charge in [0.15, 0.2) is 0 Å². The molecule has 0 fully saturated rings. The van der Waals surface area contributed by atoms with Gasteiger partial charge in [-0.2, -0.15) is 0 Å². The molecule has 6 nitrogen and oxygen atoms in total. The summed E-state index contributed by atoms with van der Waals surface area (Å²) >= 11 is 0. The van der Waals surface area contributed by atoms with Gasteiger partial charge in [0.05, 0.1) is 52.4 Å². The lowest BCUT2D eigenvalue weighted by Crippen LogP contribution is -2.34. The lowest BCUT2D eigenvalue weighted by molar-refractivity contribution is 0.625. The fourth-order valence-electron chi connectivity index (χ4n) is 9.09. The Morgan fingerprint density at radius 3 is 2.36 bits per heavy atom. The van der Waals surface area contributed by atoms with Gasteiger partial charge in [0.1, 0.15) is 10.4 Å². The summed E-state index contributed by atoms with van der Waals surface area (Å²) in [7, 11) is -1.42. The topological polar surface area (TPSA) is 106 Å². The zero-order valence-corrected chi connectivity index (χ0v) is 36.3. The molecule has 2 atom stereocenters. The van der Waals surface area contributed by atoms with Gasteiger partial charge in [0.2, 0.25) is 0 Å². The number of H-pyrrole nitrogens is 1. The van der Waals surface area contributed by atoms with Crippen LogP contribution in [0.4, 0.5) is 0 Å². The number of hydrogen-bond donors (Lipinski definition) is 4. The van der Waals surface area contributed by atoms with Crippen LogP contribution in [0.1, 0.15) is 69.7 Å². The zero-order valence-electron chi connectivity index (χ0n) is 35.3. The summed E-state index contributed by atoms with van der Waals surface area (Å²) in [6.07, 6.45) is 22.5. The highest BCUT2D eigenvalue weighted by atomic mass is 28.3. The minimum absolute atomic E-state index is 0.0756. The number of nitrogens with two attached hydrogens (primary N) is 2. The maximum atomic E-state index is 6.65. The minimum Gasteiger partial charge on any atom is -0.404 e. The lowest BCUT2D eigenvalue weighted by Gasteiger charge is -2.22. The van der Waals surface area contributed by atoms with E-state index in [2.05, 4.69) is 158 Å². The van der Waals surface area contributed by atoms with Gasteiger partial charge in [-0.15, -0.1) is 0 Å². The average molecular weight is 811 g/mol. The fraction of sp³-hybridized carbons (Fsp3) is 0.130. The predicted octanol–water partition coefficient (Wildman–Crippen LogP) is 7.76. The number of aromatic nitrogens is 1. The number of dihydropyridines is 1. The Labute approximate surface area is 359 Å². The monoisotopic (exact) mass is 810 g/mol. The molecule has 6 N–H and O–H groups in total. The van der Waals surface area contributed by atoms with Gasteiger partial charge in [0.25, 0.3) is 0 Å². The third kappa shape index (κ3) is 7.18. The Bertz CT molecular complexity index is 3070. The molecule has 0 saturated heterocycles. The molecule has 0 radical (unpaired) electrons. The molecule has 0 saturated carbocycles. The summed E-state index contributed by atoms with van der Waals surface area (Å²) < 4.78 is 4.90. The van der Waals surface area contributed by atoms with Crippen LogP contribution < -0.4 is 31.9 Å². The van der Waals surface area contributed by atoms with Gasteiger partial charge in [-0.1, -0.05) is 95.7 Å². The number of aliphatic imine (C=N–C) groups is 1. The van der Waals surface area contributed by atoms with E-state index in [9.17, 15) is 0 Å². The summed E-state index contributed by atoms with van der Waals surface area (Å²) in [4.78, 5) is 8.47. The van der Waals surface area contributed by atoms with E-state index in [1.165, 1.54) is 60.5 Å². The van der Waals surface area contributed by atoms with Crippen LogP contribution in [0.5, 0.6) is 0 Å². The van der Waals surface area contributed by atoms with Crippen molar-refractivity contribution >= 4 is 60.8 Å². The van der Waals surface area contributed by atoms with E-state index in [0.29, 0.717) is 5.70 Å². The molecule has 0 bridgehead atoms. The van der Waals surface area contributed by atoms with Crippen molar-refractivity contribution in [3.05, 3.63) is 223 Å². The van der Waals surface area contributed by atoms with Crippen LogP contribution in [-0.4, -0.2) is 44.0 Å². The van der Waals surface area contributed by atoms with Crippen molar-refractivity contribution in [1.29, 1.82) is 0 Å². The first-order chi connectivity index (χ1) is 29.7. The van der Waals surface area contributed by atoms with E-state index < -0.39 is 8.80 Å². The third-order valence-corrected chi connectivity index (χ3v) is 14.8. The first-order valence-electron chi connectivity index (χ1n) is 20.9. The van der Waals surface area contributed by atoms with Gasteiger partial charge < -0.3 is 21.8 Å². The largest absolute Gasteiger partial charge is 0.404 e. The van der Waals surface area contributed by atoms with Crippen molar-refractivity contribution in [3.63, 3.8) is 0 Å². The third-order valence-electron chi connectivity index (χ3n) is 12.2. The molecular formula is C54H50N6Si+2. The minimum atomic E-state index is -1.42. The van der Waals surface area contributed by atoms with Crippen LogP contribution in [0.3, 0.4) is 0 Å². The molecule has 0 spiro atoms. The quantitative estimate of drug-likeness (QED) is 0.0682. The predicted molar refractivity (Wildman–Crippen MR) is 261 cm³/mol. The molecule has 7 heteroatoms. The maximum absolute atomic E-state index is 6.65. The molecular weight excluding hydrogens is 761 g/mol. The number of nitrogens with zero attached hydrogens (tertiary/aromatic N) is 2.